The van der Waals surface area contributed by atoms with Gasteiger partial charge in [0.25, 0.3) is 0 Å². The maximum Gasteiger partial charge on any atom is 0.0726 e. The molecule has 2 aliphatic carbocycles. The van der Waals surface area contributed by atoms with Crippen LogP contribution in [0.4, 0.5) is 17.1 Å². The Morgan fingerprint density at radius 2 is 0.833 bits per heavy atom. The normalized spacial score (nSPS) is 13.1. The van der Waals surface area contributed by atoms with Crippen LogP contribution in [-0.4, -0.2) is 0 Å². The number of rotatable bonds is 4. The highest BCUT2D eigenvalue weighted by Crippen LogP contribution is 2.65. The van der Waals surface area contributed by atoms with E-state index in [1.54, 1.807) is 0 Å². The van der Waals surface area contributed by atoms with Gasteiger partial charge in [0.05, 0.1) is 16.8 Å². The summed E-state index contributed by atoms with van der Waals surface area (Å²) in [7, 11) is 0. The topological polar surface area (TPSA) is 3.24 Å². The van der Waals surface area contributed by atoms with Gasteiger partial charge >= 0.3 is 0 Å². The number of hydrogen-bond donors (Lipinski definition) is 0. The van der Waals surface area contributed by atoms with Crippen LogP contribution in [-0.2, 0) is 5.41 Å². The fourth-order valence-electron chi connectivity index (χ4n) is 11.0. The van der Waals surface area contributed by atoms with Gasteiger partial charge in [0, 0.05) is 16.6 Å². The maximum atomic E-state index is 2.56. The molecule has 2 aliphatic rings. The Hall–Kier alpha value is -7.74. The van der Waals surface area contributed by atoms with Crippen molar-refractivity contribution < 1.29 is 0 Å². The van der Waals surface area contributed by atoms with Crippen LogP contribution in [0.3, 0.4) is 0 Å². The van der Waals surface area contributed by atoms with E-state index in [1.807, 2.05) is 0 Å². The number of hydrogen-bond acceptors (Lipinski definition) is 1. The molecule has 1 nitrogen and oxygen atoms in total. The minimum Gasteiger partial charge on any atom is -0.309 e. The highest BCUT2D eigenvalue weighted by Gasteiger charge is 2.52. The van der Waals surface area contributed by atoms with Gasteiger partial charge < -0.3 is 4.90 Å². The molecule has 0 radical (unpaired) electrons. The number of nitrogens with zero attached hydrogens (tertiary/aromatic N) is 1. The minimum atomic E-state index is -0.446. The summed E-state index contributed by atoms with van der Waals surface area (Å²) in [5.41, 5.74) is 15.9. The van der Waals surface area contributed by atoms with E-state index in [9.17, 15) is 0 Å². The Labute approximate surface area is 349 Å². The van der Waals surface area contributed by atoms with E-state index in [4.69, 9.17) is 0 Å². The van der Waals surface area contributed by atoms with Crippen molar-refractivity contribution in [1.29, 1.82) is 0 Å². The van der Waals surface area contributed by atoms with Crippen molar-refractivity contribution >= 4 is 60.2 Å². The molecule has 11 aromatic carbocycles. The third-order valence-corrected chi connectivity index (χ3v) is 13.4. The predicted molar refractivity (Wildman–Crippen MR) is 253 cm³/mol. The van der Waals surface area contributed by atoms with Crippen LogP contribution >= 0.6 is 0 Å². The third kappa shape index (κ3) is 4.47. The largest absolute Gasteiger partial charge is 0.309 e. The second-order valence-electron chi connectivity index (χ2n) is 16.3. The fourth-order valence-corrected chi connectivity index (χ4v) is 11.0. The molecule has 0 atom stereocenters. The van der Waals surface area contributed by atoms with Crippen molar-refractivity contribution in [3.8, 4) is 33.4 Å². The zero-order chi connectivity index (χ0) is 39.4. The molecular weight excluding hydrogens is 723 g/mol. The Bertz CT molecular complexity index is 3510. The van der Waals surface area contributed by atoms with Gasteiger partial charge in [-0.15, -0.1) is 0 Å². The first-order valence-corrected chi connectivity index (χ1v) is 20.9. The zero-order valence-corrected chi connectivity index (χ0v) is 32.8. The summed E-state index contributed by atoms with van der Waals surface area (Å²) in [6, 6.07) is 83.7. The van der Waals surface area contributed by atoms with Crippen LogP contribution in [0, 0.1) is 0 Å². The maximum absolute atomic E-state index is 2.56. The molecule has 13 rings (SSSR count). The van der Waals surface area contributed by atoms with E-state index in [0.717, 1.165) is 11.4 Å². The molecule has 11 aromatic rings. The summed E-state index contributed by atoms with van der Waals surface area (Å²) in [6.45, 7) is 0. The SMILES string of the molecule is c1ccc(-c2cccc(N(c3cccc4c3-c3ccccc3C43c4ccccc4-c4ccccc43)c3cc4ccc5ccc6ccccc6c5c4c4ccccc34)c2)cc1. The number of fused-ring (bicyclic) bond motifs is 17. The predicted octanol–water partition coefficient (Wildman–Crippen LogP) is 15.8. The van der Waals surface area contributed by atoms with Gasteiger partial charge in [-0.2, -0.15) is 0 Å². The smallest absolute Gasteiger partial charge is 0.0726 e. The number of anilines is 3. The van der Waals surface area contributed by atoms with Crippen molar-refractivity contribution in [2.75, 3.05) is 4.90 Å². The lowest BCUT2D eigenvalue weighted by atomic mass is 9.70. The van der Waals surface area contributed by atoms with Crippen LogP contribution in [0.25, 0.3) is 76.5 Å². The molecule has 0 saturated carbocycles. The Morgan fingerprint density at radius 1 is 0.300 bits per heavy atom. The summed E-state index contributed by atoms with van der Waals surface area (Å²) in [5.74, 6) is 0. The molecule has 0 amide bonds. The van der Waals surface area contributed by atoms with Gasteiger partial charge in [0.15, 0.2) is 0 Å². The van der Waals surface area contributed by atoms with Crippen LogP contribution in [0.15, 0.2) is 224 Å². The first-order valence-electron chi connectivity index (χ1n) is 20.9. The summed E-state index contributed by atoms with van der Waals surface area (Å²) < 4.78 is 0. The van der Waals surface area contributed by atoms with E-state index in [0.29, 0.717) is 0 Å². The molecule has 1 spiro atoms. The molecular formula is C59H37N. The average Bonchev–Trinajstić information content (AvgIpc) is 3.80. The molecule has 60 heavy (non-hydrogen) atoms. The second-order valence-corrected chi connectivity index (χ2v) is 16.3. The minimum absolute atomic E-state index is 0.446. The van der Waals surface area contributed by atoms with Gasteiger partial charge in [0.2, 0.25) is 0 Å². The summed E-state index contributed by atoms with van der Waals surface area (Å²) >= 11 is 0. The Balaban J connectivity index is 1.16. The molecule has 0 unspecified atom stereocenters. The lowest BCUT2D eigenvalue weighted by molar-refractivity contribution is 0.794. The molecule has 0 N–H and O–H groups in total. The molecule has 0 aromatic heterocycles. The van der Waals surface area contributed by atoms with Gasteiger partial charge in [0.1, 0.15) is 0 Å². The van der Waals surface area contributed by atoms with Crippen LogP contribution in [0.2, 0.25) is 0 Å². The highest BCUT2D eigenvalue weighted by molar-refractivity contribution is 6.29. The van der Waals surface area contributed by atoms with Crippen LogP contribution < -0.4 is 4.90 Å². The molecule has 0 bridgehead atoms. The molecule has 278 valence electrons. The lowest BCUT2D eigenvalue weighted by Gasteiger charge is -2.32. The highest BCUT2D eigenvalue weighted by atomic mass is 15.1. The molecule has 1 heteroatoms. The summed E-state index contributed by atoms with van der Waals surface area (Å²) in [6.07, 6.45) is 0. The van der Waals surface area contributed by atoms with Crippen molar-refractivity contribution in [2.45, 2.75) is 5.41 Å². The van der Waals surface area contributed by atoms with Crippen molar-refractivity contribution in [3.05, 3.63) is 247 Å². The summed E-state index contributed by atoms with van der Waals surface area (Å²) in [4.78, 5) is 2.56. The first kappa shape index (κ1) is 33.3. The van der Waals surface area contributed by atoms with Crippen LogP contribution in [0.1, 0.15) is 22.3 Å². The van der Waals surface area contributed by atoms with Gasteiger partial charge in [-0.05, 0) is 112 Å². The first-order chi connectivity index (χ1) is 29.8. The number of benzene rings is 11. The second kappa shape index (κ2) is 12.6. The van der Waals surface area contributed by atoms with E-state index in [-0.39, 0.29) is 0 Å². The molecule has 0 heterocycles. The van der Waals surface area contributed by atoms with Gasteiger partial charge in [-0.25, -0.2) is 0 Å². The van der Waals surface area contributed by atoms with Crippen molar-refractivity contribution in [1.82, 2.24) is 0 Å². The van der Waals surface area contributed by atoms with Gasteiger partial charge in [-0.1, -0.05) is 200 Å². The fraction of sp³-hybridized carbons (Fsp3) is 0.0169. The van der Waals surface area contributed by atoms with E-state index in [1.165, 1.54) is 104 Å². The van der Waals surface area contributed by atoms with Gasteiger partial charge in [-0.3, -0.25) is 0 Å². The van der Waals surface area contributed by atoms with Crippen LogP contribution in [0.5, 0.6) is 0 Å². The molecule has 0 saturated heterocycles. The molecule has 0 fully saturated rings. The van der Waals surface area contributed by atoms with E-state index < -0.39 is 5.41 Å². The van der Waals surface area contributed by atoms with E-state index >= 15 is 0 Å². The van der Waals surface area contributed by atoms with Crippen molar-refractivity contribution in [3.63, 3.8) is 0 Å². The molecule has 0 aliphatic heterocycles. The quantitative estimate of drug-likeness (QED) is 0.162. The van der Waals surface area contributed by atoms with Crippen molar-refractivity contribution in [2.24, 2.45) is 0 Å². The standard InChI is InChI=1S/C59H37N/c1-2-16-38(17-3-1)41-19-14-20-43(36-41)60(55-37-42-35-34-40-33-32-39-18-4-5-21-44(39)56(40)57(42)48-25-7-6-24-47(48)55)54-31-15-30-53-58(54)49-26-10-13-29-52(49)59(53)50-27-11-8-22-45(50)46-23-9-12-28-51(46)59/h1-37H. The van der Waals surface area contributed by atoms with E-state index in [2.05, 4.69) is 229 Å². The average molecular weight is 760 g/mol. The monoisotopic (exact) mass is 759 g/mol. The summed E-state index contributed by atoms with van der Waals surface area (Å²) in [5, 5.41) is 10.1. The zero-order valence-electron chi connectivity index (χ0n) is 32.8. The third-order valence-electron chi connectivity index (χ3n) is 13.4. The Kier molecular flexibility index (Phi) is 7.00. The lowest BCUT2D eigenvalue weighted by Crippen LogP contribution is -2.26. The Morgan fingerprint density at radius 3 is 1.60 bits per heavy atom.